The van der Waals surface area contributed by atoms with Crippen molar-refractivity contribution in [3.63, 3.8) is 0 Å². The van der Waals surface area contributed by atoms with Crippen LogP contribution in [0.15, 0.2) is 42.5 Å². The molecule has 0 aliphatic heterocycles. The van der Waals surface area contributed by atoms with Crippen LogP contribution in [0.1, 0.15) is 45.2 Å². The van der Waals surface area contributed by atoms with Crippen LogP contribution in [0.5, 0.6) is 11.5 Å². The molecule has 0 fully saturated rings. The molecule has 9 nitrogen and oxygen atoms in total. The first-order chi connectivity index (χ1) is 17.2. The minimum atomic E-state index is -3.90. The number of amides is 2. The van der Waals surface area contributed by atoms with Gasteiger partial charge in [0.1, 0.15) is 24.1 Å². The summed E-state index contributed by atoms with van der Waals surface area (Å²) in [6.07, 6.45) is 1.38. The van der Waals surface area contributed by atoms with E-state index in [2.05, 4.69) is 5.32 Å². The molecule has 1 atom stereocenters. The van der Waals surface area contributed by atoms with E-state index in [0.717, 1.165) is 21.7 Å². The van der Waals surface area contributed by atoms with E-state index in [1.165, 1.54) is 25.2 Å². The number of carbonyl (C=O) groups excluding carboxylic acids is 2. The van der Waals surface area contributed by atoms with E-state index in [1.807, 2.05) is 58.9 Å². The number of hydrogen-bond acceptors (Lipinski definition) is 6. The molecule has 0 radical (unpaired) electrons. The Labute approximate surface area is 220 Å². The van der Waals surface area contributed by atoms with Gasteiger partial charge in [-0.15, -0.1) is 0 Å². The van der Waals surface area contributed by atoms with Gasteiger partial charge in [0.15, 0.2) is 0 Å². The van der Waals surface area contributed by atoms with Gasteiger partial charge in [0, 0.05) is 18.2 Å². The second-order valence-corrected chi connectivity index (χ2v) is 11.9. The number of rotatable bonds is 11. The number of hydrogen-bond donors (Lipinski definition) is 1. The van der Waals surface area contributed by atoms with Crippen molar-refractivity contribution in [2.24, 2.45) is 0 Å². The monoisotopic (exact) mass is 533 g/mol. The molecule has 2 aromatic carbocycles. The smallest absolute Gasteiger partial charge is 0.244 e. The first-order valence-corrected chi connectivity index (χ1v) is 13.9. The molecule has 1 N–H and O–H groups in total. The fraction of sp³-hybridized carbons (Fsp3) is 0.481. The predicted molar refractivity (Wildman–Crippen MR) is 145 cm³/mol. The molecule has 2 rings (SSSR count). The average Bonchev–Trinajstić information content (AvgIpc) is 2.80. The summed E-state index contributed by atoms with van der Waals surface area (Å²) < 4.78 is 37.3. The van der Waals surface area contributed by atoms with Crippen molar-refractivity contribution in [3.05, 3.63) is 53.6 Å². The number of nitrogens with one attached hydrogen (secondary N) is 1. The fourth-order valence-corrected chi connectivity index (χ4v) is 4.82. The van der Waals surface area contributed by atoms with E-state index in [1.54, 1.807) is 12.1 Å². The van der Waals surface area contributed by atoms with Crippen molar-refractivity contribution in [3.8, 4) is 11.5 Å². The quantitative estimate of drug-likeness (QED) is 0.474. The third-order valence-corrected chi connectivity index (χ3v) is 6.78. The number of sulfonamides is 1. The minimum absolute atomic E-state index is 0.147. The van der Waals surface area contributed by atoms with Crippen LogP contribution in [-0.2, 0) is 26.2 Å². The highest BCUT2D eigenvalue weighted by molar-refractivity contribution is 7.92. The molecular weight excluding hydrogens is 494 g/mol. The van der Waals surface area contributed by atoms with Crippen LogP contribution in [-0.4, -0.2) is 63.7 Å². The summed E-state index contributed by atoms with van der Waals surface area (Å²) in [6, 6.07) is 11.5. The van der Waals surface area contributed by atoms with Gasteiger partial charge in [0.25, 0.3) is 0 Å². The summed E-state index contributed by atoms with van der Waals surface area (Å²) >= 11 is 0. The molecule has 204 valence electrons. The summed E-state index contributed by atoms with van der Waals surface area (Å²) in [5.41, 5.74) is 1.54. The van der Waals surface area contributed by atoms with Crippen LogP contribution in [0, 0.1) is 6.92 Å². The van der Waals surface area contributed by atoms with Gasteiger partial charge in [-0.1, -0.05) is 36.8 Å². The maximum atomic E-state index is 13.8. The lowest BCUT2D eigenvalue weighted by atomic mass is 10.0. The van der Waals surface area contributed by atoms with Crippen LogP contribution in [0.25, 0.3) is 0 Å². The van der Waals surface area contributed by atoms with Crippen molar-refractivity contribution in [1.82, 2.24) is 10.2 Å². The molecule has 10 heteroatoms. The standard InChI is InChI=1S/C27H39N3O6S/c1-9-22(26(32)28-27(3,4)5)29(17-20-12-10-11-19(2)15-20)25(31)18-30(37(8,33)34)23-14-13-21(35-6)16-24(23)36-7/h10-16,22H,9,17-18H2,1-8H3,(H,28,32)/t22-/m1/s1. The first-order valence-electron chi connectivity index (χ1n) is 12.1. The molecule has 0 aromatic heterocycles. The van der Waals surface area contributed by atoms with Crippen LogP contribution in [0.4, 0.5) is 5.69 Å². The Bertz CT molecular complexity index is 1210. The lowest BCUT2D eigenvalue weighted by molar-refractivity contribution is -0.141. The average molecular weight is 534 g/mol. The Morgan fingerprint density at radius 3 is 2.24 bits per heavy atom. The maximum absolute atomic E-state index is 13.8. The lowest BCUT2D eigenvalue weighted by Crippen LogP contribution is -2.55. The topological polar surface area (TPSA) is 105 Å². The Kier molecular flexibility index (Phi) is 9.97. The fourth-order valence-electron chi connectivity index (χ4n) is 3.97. The van der Waals surface area contributed by atoms with Gasteiger partial charge < -0.3 is 19.7 Å². The van der Waals surface area contributed by atoms with Crippen molar-refractivity contribution in [2.45, 2.75) is 59.2 Å². The molecule has 2 amide bonds. The van der Waals surface area contributed by atoms with Gasteiger partial charge in [-0.2, -0.15) is 0 Å². The summed E-state index contributed by atoms with van der Waals surface area (Å²) in [7, 11) is -0.995. The number of aryl methyl sites for hydroxylation is 1. The van der Waals surface area contributed by atoms with E-state index in [0.29, 0.717) is 12.2 Å². The Hall–Kier alpha value is -3.27. The van der Waals surface area contributed by atoms with Crippen LogP contribution in [0.2, 0.25) is 0 Å². The zero-order valence-corrected chi connectivity index (χ0v) is 23.8. The molecule has 0 saturated carbocycles. The second kappa shape index (κ2) is 12.3. The number of nitrogens with zero attached hydrogens (tertiary/aromatic N) is 2. The third kappa shape index (κ3) is 8.38. The SMILES string of the molecule is CC[C@H](C(=O)NC(C)(C)C)N(Cc1cccc(C)c1)C(=O)CN(c1ccc(OC)cc1OC)S(C)(=O)=O. The number of benzene rings is 2. The van der Waals surface area contributed by atoms with Gasteiger partial charge in [-0.05, 0) is 51.8 Å². The van der Waals surface area contributed by atoms with Gasteiger partial charge in [0.2, 0.25) is 21.8 Å². The third-order valence-electron chi connectivity index (χ3n) is 5.65. The van der Waals surface area contributed by atoms with Crippen molar-refractivity contribution < 1.29 is 27.5 Å². The highest BCUT2D eigenvalue weighted by Crippen LogP contribution is 2.33. The summed E-state index contributed by atoms with van der Waals surface area (Å²) in [4.78, 5) is 28.5. The van der Waals surface area contributed by atoms with Crippen LogP contribution in [0.3, 0.4) is 0 Å². The molecule has 0 spiro atoms. The normalized spacial score (nSPS) is 12.4. The second-order valence-electron chi connectivity index (χ2n) is 9.98. The summed E-state index contributed by atoms with van der Waals surface area (Å²) in [6.45, 7) is 9.01. The van der Waals surface area contributed by atoms with Crippen LogP contribution < -0.4 is 19.1 Å². The van der Waals surface area contributed by atoms with E-state index in [-0.39, 0.29) is 23.9 Å². The predicted octanol–water partition coefficient (Wildman–Crippen LogP) is 3.50. The molecule has 0 saturated heterocycles. The van der Waals surface area contributed by atoms with Gasteiger partial charge >= 0.3 is 0 Å². The number of methoxy groups -OCH3 is 2. The minimum Gasteiger partial charge on any atom is -0.497 e. The number of anilines is 1. The zero-order chi connectivity index (χ0) is 28.0. The molecular formula is C27H39N3O6S. The Morgan fingerprint density at radius 1 is 1.05 bits per heavy atom. The Balaban J connectivity index is 2.53. The molecule has 0 unspecified atom stereocenters. The Morgan fingerprint density at radius 2 is 1.73 bits per heavy atom. The van der Waals surface area contributed by atoms with Gasteiger partial charge in [0.05, 0.1) is 26.2 Å². The van der Waals surface area contributed by atoms with Crippen LogP contribution >= 0.6 is 0 Å². The highest BCUT2D eigenvalue weighted by Gasteiger charge is 2.33. The van der Waals surface area contributed by atoms with Crippen molar-refractivity contribution in [2.75, 3.05) is 31.3 Å². The van der Waals surface area contributed by atoms with E-state index >= 15 is 0 Å². The molecule has 0 heterocycles. The lowest BCUT2D eigenvalue weighted by Gasteiger charge is -2.34. The highest BCUT2D eigenvalue weighted by atomic mass is 32.2. The first kappa shape index (κ1) is 30.0. The van der Waals surface area contributed by atoms with Gasteiger partial charge in [-0.3, -0.25) is 13.9 Å². The number of ether oxygens (including phenoxy) is 2. The molecule has 0 bridgehead atoms. The maximum Gasteiger partial charge on any atom is 0.244 e. The molecule has 0 aliphatic rings. The zero-order valence-electron chi connectivity index (χ0n) is 23.0. The molecule has 2 aromatic rings. The van der Waals surface area contributed by atoms with E-state index < -0.39 is 34.1 Å². The van der Waals surface area contributed by atoms with Crippen molar-refractivity contribution in [1.29, 1.82) is 0 Å². The van der Waals surface area contributed by atoms with E-state index in [4.69, 9.17) is 9.47 Å². The summed E-state index contributed by atoms with van der Waals surface area (Å²) in [5.74, 6) is -0.101. The largest absolute Gasteiger partial charge is 0.497 e. The summed E-state index contributed by atoms with van der Waals surface area (Å²) in [5, 5.41) is 2.95. The molecule has 0 aliphatic carbocycles. The molecule has 37 heavy (non-hydrogen) atoms. The number of carbonyl (C=O) groups is 2. The van der Waals surface area contributed by atoms with Gasteiger partial charge in [-0.25, -0.2) is 8.42 Å². The van der Waals surface area contributed by atoms with E-state index in [9.17, 15) is 18.0 Å². The van der Waals surface area contributed by atoms with Crippen molar-refractivity contribution >= 4 is 27.5 Å².